The molecule has 80 valence electrons. The monoisotopic (exact) mass is 201 g/mol. The lowest BCUT2D eigenvalue weighted by atomic mass is 10.2. The van der Waals surface area contributed by atoms with Crippen LogP contribution < -0.4 is 0 Å². The maximum absolute atomic E-state index is 10.7. The minimum absolute atomic E-state index is 0.290. The average Bonchev–Trinajstić information content (AvgIpc) is 2.17. The summed E-state index contributed by atoms with van der Waals surface area (Å²) in [6, 6.07) is 0.329. The Morgan fingerprint density at radius 2 is 2.36 bits per heavy atom. The molecule has 2 fully saturated rings. The Bertz CT molecular complexity index is 221. The zero-order valence-corrected chi connectivity index (χ0v) is 8.27. The standard InChI is InChI=1S/C9H15NO4/c1-7(11)14-9-4-10-2-3-12-5-8(10)6-13-9/h8-9H,2-6H2,1H3. The smallest absolute Gasteiger partial charge is 0.304 e. The molecule has 2 rings (SSSR count). The fourth-order valence-electron chi connectivity index (χ4n) is 1.80. The van der Waals surface area contributed by atoms with E-state index in [1.807, 2.05) is 0 Å². The van der Waals surface area contributed by atoms with E-state index in [4.69, 9.17) is 14.2 Å². The zero-order chi connectivity index (χ0) is 9.97. The first kappa shape index (κ1) is 9.89. The molecule has 0 bridgehead atoms. The predicted octanol–water partition coefficient (Wildman–Crippen LogP) is -0.393. The van der Waals surface area contributed by atoms with Gasteiger partial charge in [-0.1, -0.05) is 0 Å². The topological polar surface area (TPSA) is 48.0 Å². The van der Waals surface area contributed by atoms with Crippen molar-refractivity contribution in [1.29, 1.82) is 0 Å². The van der Waals surface area contributed by atoms with Crippen molar-refractivity contribution in [3.63, 3.8) is 0 Å². The van der Waals surface area contributed by atoms with Crippen molar-refractivity contribution < 1.29 is 19.0 Å². The Morgan fingerprint density at radius 3 is 3.14 bits per heavy atom. The summed E-state index contributed by atoms with van der Waals surface area (Å²) in [5.41, 5.74) is 0. The Hall–Kier alpha value is -0.650. The molecule has 2 aliphatic heterocycles. The Labute approximate surface area is 82.9 Å². The number of nitrogens with zero attached hydrogens (tertiary/aromatic N) is 1. The first-order chi connectivity index (χ1) is 6.75. The van der Waals surface area contributed by atoms with Crippen LogP contribution in [-0.4, -0.2) is 56.1 Å². The lowest BCUT2D eigenvalue weighted by Crippen LogP contribution is -2.56. The molecule has 14 heavy (non-hydrogen) atoms. The Kier molecular flexibility index (Phi) is 3.00. The van der Waals surface area contributed by atoms with Crippen molar-refractivity contribution in [2.45, 2.75) is 19.3 Å². The second-order valence-corrected chi connectivity index (χ2v) is 3.60. The zero-order valence-electron chi connectivity index (χ0n) is 8.27. The van der Waals surface area contributed by atoms with Crippen molar-refractivity contribution in [3.8, 4) is 0 Å². The lowest BCUT2D eigenvalue weighted by molar-refractivity contribution is -0.212. The van der Waals surface area contributed by atoms with Crippen LogP contribution in [-0.2, 0) is 19.0 Å². The van der Waals surface area contributed by atoms with Gasteiger partial charge < -0.3 is 14.2 Å². The molecule has 0 aromatic heterocycles. The second kappa shape index (κ2) is 4.25. The largest absolute Gasteiger partial charge is 0.435 e. The molecule has 0 spiro atoms. The number of fused-ring (bicyclic) bond motifs is 1. The van der Waals surface area contributed by atoms with E-state index in [0.29, 0.717) is 25.8 Å². The molecule has 2 unspecified atom stereocenters. The van der Waals surface area contributed by atoms with Crippen LogP contribution in [0.25, 0.3) is 0 Å². The SMILES string of the molecule is CC(=O)OC1CN2CCOCC2CO1. The molecule has 2 saturated heterocycles. The highest BCUT2D eigenvalue weighted by Gasteiger charge is 2.32. The van der Waals surface area contributed by atoms with E-state index in [1.165, 1.54) is 6.92 Å². The highest BCUT2D eigenvalue weighted by atomic mass is 16.7. The molecule has 0 saturated carbocycles. The van der Waals surface area contributed by atoms with Crippen LogP contribution in [0.15, 0.2) is 0 Å². The average molecular weight is 201 g/mol. The summed E-state index contributed by atoms with van der Waals surface area (Å²) in [6.07, 6.45) is -0.401. The van der Waals surface area contributed by atoms with E-state index in [1.54, 1.807) is 0 Å². The normalized spacial score (nSPS) is 33.5. The van der Waals surface area contributed by atoms with Gasteiger partial charge in [0.05, 0.1) is 32.4 Å². The molecule has 5 nitrogen and oxygen atoms in total. The van der Waals surface area contributed by atoms with Gasteiger partial charge in [0.1, 0.15) is 0 Å². The third kappa shape index (κ3) is 2.23. The van der Waals surface area contributed by atoms with E-state index in [-0.39, 0.29) is 5.97 Å². The van der Waals surface area contributed by atoms with Crippen molar-refractivity contribution in [2.75, 3.05) is 32.9 Å². The molecule has 0 aliphatic carbocycles. The number of carbonyl (C=O) groups excluding carboxylic acids is 1. The molecular weight excluding hydrogens is 186 g/mol. The first-order valence-corrected chi connectivity index (χ1v) is 4.86. The fourth-order valence-corrected chi connectivity index (χ4v) is 1.80. The van der Waals surface area contributed by atoms with Crippen molar-refractivity contribution in [2.24, 2.45) is 0 Å². The van der Waals surface area contributed by atoms with Crippen molar-refractivity contribution in [3.05, 3.63) is 0 Å². The maximum Gasteiger partial charge on any atom is 0.304 e. The third-order valence-corrected chi connectivity index (χ3v) is 2.50. The molecule has 0 aromatic rings. The predicted molar refractivity (Wildman–Crippen MR) is 47.7 cm³/mol. The van der Waals surface area contributed by atoms with Crippen molar-refractivity contribution >= 4 is 5.97 Å². The summed E-state index contributed by atoms with van der Waals surface area (Å²) in [6.45, 7) is 5.00. The number of rotatable bonds is 1. The fraction of sp³-hybridized carbons (Fsp3) is 0.889. The Balaban J connectivity index is 1.86. The molecule has 0 radical (unpaired) electrons. The van der Waals surface area contributed by atoms with Crippen LogP contribution in [0.2, 0.25) is 0 Å². The molecule has 2 aliphatic rings. The minimum Gasteiger partial charge on any atom is -0.435 e. The van der Waals surface area contributed by atoms with Crippen LogP contribution >= 0.6 is 0 Å². The van der Waals surface area contributed by atoms with Gasteiger partial charge in [-0.05, 0) is 0 Å². The summed E-state index contributed by atoms with van der Waals surface area (Å²) in [5.74, 6) is -0.290. The first-order valence-electron chi connectivity index (χ1n) is 4.86. The van der Waals surface area contributed by atoms with Crippen LogP contribution in [0.4, 0.5) is 0 Å². The van der Waals surface area contributed by atoms with Crippen LogP contribution in [0.5, 0.6) is 0 Å². The van der Waals surface area contributed by atoms with E-state index in [0.717, 1.165) is 13.2 Å². The summed E-state index contributed by atoms with van der Waals surface area (Å²) in [4.78, 5) is 13.0. The van der Waals surface area contributed by atoms with Gasteiger partial charge in [0.15, 0.2) is 0 Å². The number of ether oxygens (including phenoxy) is 3. The summed E-state index contributed by atoms with van der Waals surface area (Å²) in [5, 5.41) is 0. The highest BCUT2D eigenvalue weighted by molar-refractivity contribution is 5.66. The van der Waals surface area contributed by atoms with Crippen LogP contribution in [0.1, 0.15) is 6.92 Å². The number of hydrogen-bond acceptors (Lipinski definition) is 5. The molecule has 5 heteroatoms. The van der Waals surface area contributed by atoms with E-state index in [9.17, 15) is 4.79 Å². The van der Waals surface area contributed by atoms with Gasteiger partial charge in [0.2, 0.25) is 6.29 Å². The van der Waals surface area contributed by atoms with E-state index < -0.39 is 6.29 Å². The molecule has 0 N–H and O–H groups in total. The van der Waals surface area contributed by atoms with Crippen LogP contribution in [0.3, 0.4) is 0 Å². The maximum atomic E-state index is 10.7. The Morgan fingerprint density at radius 1 is 1.50 bits per heavy atom. The van der Waals surface area contributed by atoms with Gasteiger partial charge in [-0.15, -0.1) is 0 Å². The number of morpholine rings is 2. The third-order valence-electron chi connectivity index (χ3n) is 2.50. The highest BCUT2D eigenvalue weighted by Crippen LogP contribution is 2.15. The van der Waals surface area contributed by atoms with E-state index in [2.05, 4.69) is 4.90 Å². The van der Waals surface area contributed by atoms with Gasteiger partial charge >= 0.3 is 5.97 Å². The lowest BCUT2D eigenvalue weighted by Gasteiger charge is -2.41. The van der Waals surface area contributed by atoms with Gasteiger partial charge in [0.25, 0.3) is 0 Å². The molecular formula is C9H15NO4. The molecule has 0 aromatic carbocycles. The van der Waals surface area contributed by atoms with Gasteiger partial charge in [-0.25, -0.2) is 0 Å². The number of hydrogen-bond donors (Lipinski definition) is 0. The van der Waals surface area contributed by atoms with Crippen molar-refractivity contribution in [1.82, 2.24) is 4.90 Å². The number of esters is 1. The second-order valence-electron chi connectivity index (χ2n) is 3.60. The van der Waals surface area contributed by atoms with E-state index >= 15 is 0 Å². The van der Waals surface area contributed by atoms with Gasteiger partial charge in [-0.2, -0.15) is 0 Å². The van der Waals surface area contributed by atoms with Gasteiger partial charge in [0, 0.05) is 13.5 Å². The minimum atomic E-state index is -0.401. The molecule has 2 heterocycles. The molecule has 2 atom stereocenters. The van der Waals surface area contributed by atoms with Crippen LogP contribution in [0, 0.1) is 0 Å². The quantitative estimate of drug-likeness (QED) is 0.541. The number of carbonyl (C=O) groups is 1. The summed E-state index contributed by atoms with van der Waals surface area (Å²) < 4.78 is 15.7. The van der Waals surface area contributed by atoms with Gasteiger partial charge in [-0.3, -0.25) is 9.69 Å². The summed E-state index contributed by atoms with van der Waals surface area (Å²) >= 11 is 0. The summed E-state index contributed by atoms with van der Waals surface area (Å²) in [7, 11) is 0. The molecule has 0 amide bonds.